The molecular formula is C20H14O5. The van der Waals surface area contributed by atoms with E-state index >= 15 is 0 Å². The third-order valence-corrected chi connectivity index (χ3v) is 4.46. The minimum atomic E-state index is -1.01. The number of fused-ring (bicyclic) bond motifs is 1. The Morgan fingerprint density at radius 2 is 1.88 bits per heavy atom. The Labute approximate surface area is 143 Å². The molecule has 1 unspecified atom stereocenters. The summed E-state index contributed by atoms with van der Waals surface area (Å²) < 4.78 is 5.84. The van der Waals surface area contributed by atoms with Crippen LogP contribution in [0.3, 0.4) is 0 Å². The number of hydrogen-bond donors (Lipinski definition) is 2. The van der Waals surface area contributed by atoms with Crippen molar-refractivity contribution < 1.29 is 24.5 Å². The summed E-state index contributed by atoms with van der Waals surface area (Å²) in [5.74, 6) is -0.488. The van der Waals surface area contributed by atoms with Crippen LogP contribution >= 0.6 is 0 Å². The van der Waals surface area contributed by atoms with Gasteiger partial charge in [-0.3, -0.25) is 4.79 Å². The van der Waals surface area contributed by atoms with Gasteiger partial charge in [0.05, 0.1) is 12.0 Å². The first-order valence-corrected chi connectivity index (χ1v) is 7.81. The number of aromatic carboxylic acids is 1. The van der Waals surface area contributed by atoms with Gasteiger partial charge in [0.25, 0.3) is 0 Å². The van der Waals surface area contributed by atoms with Crippen LogP contribution in [0.5, 0.6) is 11.5 Å². The summed E-state index contributed by atoms with van der Waals surface area (Å²) in [4.78, 5) is 23.5. The minimum Gasteiger partial charge on any atom is -0.508 e. The topological polar surface area (TPSA) is 83.8 Å². The highest BCUT2D eigenvalue weighted by Gasteiger charge is 2.34. The van der Waals surface area contributed by atoms with Crippen molar-refractivity contribution in [2.24, 2.45) is 0 Å². The normalized spacial score (nSPS) is 18.4. The van der Waals surface area contributed by atoms with Gasteiger partial charge in [-0.15, -0.1) is 0 Å². The lowest BCUT2D eigenvalue weighted by Crippen LogP contribution is -2.21. The second-order valence-corrected chi connectivity index (χ2v) is 6.00. The first kappa shape index (κ1) is 15.2. The van der Waals surface area contributed by atoms with Gasteiger partial charge < -0.3 is 14.9 Å². The van der Waals surface area contributed by atoms with Crippen LogP contribution in [0.25, 0.3) is 0 Å². The average Bonchev–Trinajstić information content (AvgIpc) is 2.59. The number of phenols is 1. The molecule has 2 aromatic rings. The fourth-order valence-corrected chi connectivity index (χ4v) is 3.38. The lowest BCUT2D eigenvalue weighted by Gasteiger charge is -2.31. The molecule has 0 aromatic heterocycles. The number of ether oxygens (including phenoxy) is 1. The standard InChI is InChI=1S/C20H14O5/c21-11-5-7-15-17(9-11)25-18-10-12(22)6-8-16(18)19(15)13-3-1-2-4-14(13)20(23)24/h1-9,19,21H,10H2,(H,23,24). The zero-order valence-corrected chi connectivity index (χ0v) is 13.1. The molecule has 0 radical (unpaired) electrons. The van der Waals surface area contributed by atoms with Crippen molar-refractivity contribution in [3.8, 4) is 11.5 Å². The predicted molar refractivity (Wildman–Crippen MR) is 89.8 cm³/mol. The molecule has 5 heteroatoms. The molecule has 0 spiro atoms. The molecule has 5 nitrogen and oxygen atoms in total. The summed E-state index contributed by atoms with van der Waals surface area (Å²) in [6, 6.07) is 11.5. The van der Waals surface area contributed by atoms with E-state index in [1.165, 1.54) is 12.1 Å². The zero-order valence-electron chi connectivity index (χ0n) is 13.1. The highest BCUT2D eigenvalue weighted by atomic mass is 16.5. The number of hydrogen-bond acceptors (Lipinski definition) is 4. The minimum absolute atomic E-state index is 0.0470. The van der Waals surface area contributed by atoms with E-state index in [-0.39, 0.29) is 29.4 Å². The molecule has 0 amide bonds. The van der Waals surface area contributed by atoms with E-state index in [9.17, 15) is 19.8 Å². The van der Waals surface area contributed by atoms with Crippen LogP contribution in [0, 0.1) is 0 Å². The third kappa shape index (κ3) is 2.50. The molecule has 1 aliphatic carbocycles. The molecule has 0 saturated heterocycles. The van der Waals surface area contributed by atoms with E-state index in [4.69, 9.17) is 4.74 Å². The number of carbonyl (C=O) groups is 2. The number of aromatic hydroxyl groups is 1. The Kier molecular flexibility index (Phi) is 3.42. The summed E-state index contributed by atoms with van der Waals surface area (Å²) in [7, 11) is 0. The van der Waals surface area contributed by atoms with Gasteiger partial charge in [-0.25, -0.2) is 4.79 Å². The van der Waals surface area contributed by atoms with Gasteiger partial charge in [0.15, 0.2) is 5.78 Å². The van der Waals surface area contributed by atoms with Crippen molar-refractivity contribution in [3.05, 3.63) is 82.6 Å². The van der Waals surface area contributed by atoms with Crippen molar-refractivity contribution in [2.45, 2.75) is 12.3 Å². The zero-order chi connectivity index (χ0) is 17.6. The van der Waals surface area contributed by atoms with Crippen LogP contribution in [0.1, 0.15) is 33.8 Å². The molecule has 0 bridgehead atoms. The van der Waals surface area contributed by atoms with Gasteiger partial charge in [0, 0.05) is 23.1 Å². The maximum Gasteiger partial charge on any atom is 0.335 e. The molecule has 0 fully saturated rings. The van der Waals surface area contributed by atoms with Gasteiger partial charge in [-0.1, -0.05) is 30.3 Å². The summed E-state index contributed by atoms with van der Waals surface area (Å²) in [6.07, 6.45) is 3.30. The summed E-state index contributed by atoms with van der Waals surface area (Å²) in [5, 5.41) is 19.3. The molecule has 2 aromatic carbocycles. The fourth-order valence-electron chi connectivity index (χ4n) is 3.38. The summed E-state index contributed by atoms with van der Waals surface area (Å²) in [6.45, 7) is 0. The molecule has 25 heavy (non-hydrogen) atoms. The number of carbonyl (C=O) groups excluding carboxylic acids is 1. The molecule has 0 saturated carbocycles. The number of carboxylic acid groups (broad SMARTS) is 1. The van der Waals surface area contributed by atoms with Gasteiger partial charge in [-0.05, 0) is 23.8 Å². The third-order valence-electron chi connectivity index (χ3n) is 4.46. The Bertz CT molecular complexity index is 968. The van der Waals surface area contributed by atoms with Crippen molar-refractivity contribution in [1.29, 1.82) is 0 Å². The molecule has 2 N–H and O–H groups in total. The number of benzene rings is 2. The van der Waals surface area contributed by atoms with E-state index in [1.54, 1.807) is 42.5 Å². The molecule has 4 rings (SSSR count). The molecule has 1 atom stereocenters. The van der Waals surface area contributed by atoms with Crippen LogP contribution in [0.15, 0.2) is 65.9 Å². The van der Waals surface area contributed by atoms with E-state index in [1.807, 2.05) is 0 Å². The van der Waals surface area contributed by atoms with Crippen molar-refractivity contribution in [3.63, 3.8) is 0 Å². The van der Waals surface area contributed by atoms with E-state index in [0.29, 0.717) is 17.1 Å². The van der Waals surface area contributed by atoms with E-state index < -0.39 is 5.97 Å². The smallest absolute Gasteiger partial charge is 0.335 e. The molecule has 1 heterocycles. The Balaban J connectivity index is 1.97. The quantitative estimate of drug-likeness (QED) is 0.879. The molecule has 124 valence electrons. The fraction of sp³-hybridized carbons (Fsp3) is 0.100. The first-order valence-electron chi connectivity index (χ1n) is 7.81. The highest BCUT2D eigenvalue weighted by Crippen LogP contribution is 2.47. The number of rotatable bonds is 2. The first-order chi connectivity index (χ1) is 12.0. The number of phenolic OH excluding ortho intramolecular Hbond substituents is 1. The maximum atomic E-state index is 11.8. The monoisotopic (exact) mass is 334 g/mol. The second kappa shape index (κ2) is 5.63. The summed E-state index contributed by atoms with van der Waals surface area (Å²) in [5.41, 5.74) is 2.35. The van der Waals surface area contributed by atoms with E-state index in [0.717, 1.165) is 11.1 Å². The lowest BCUT2D eigenvalue weighted by atomic mass is 9.78. The van der Waals surface area contributed by atoms with Crippen LogP contribution in [-0.4, -0.2) is 22.0 Å². The van der Waals surface area contributed by atoms with Crippen LogP contribution in [0.2, 0.25) is 0 Å². The van der Waals surface area contributed by atoms with Crippen LogP contribution in [-0.2, 0) is 4.79 Å². The number of carboxylic acids is 1. The Hall–Kier alpha value is -3.34. The molecule has 1 aliphatic heterocycles. The van der Waals surface area contributed by atoms with Crippen molar-refractivity contribution in [2.75, 3.05) is 0 Å². The van der Waals surface area contributed by atoms with Gasteiger partial charge in [0.1, 0.15) is 17.3 Å². The Morgan fingerprint density at radius 1 is 1.08 bits per heavy atom. The number of ketones is 1. The largest absolute Gasteiger partial charge is 0.508 e. The summed E-state index contributed by atoms with van der Waals surface area (Å²) >= 11 is 0. The second-order valence-electron chi connectivity index (χ2n) is 6.00. The van der Waals surface area contributed by atoms with Crippen LogP contribution < -0.4 is 4.74 Å². The Morgan fingerprint density at radius 3 is 2.68 bits per heavy atom. The SMILES string of the molecule is O=C1C=CC2=C(C1)Oc1cc(O)ccc1C2c1ccccc1C(=O)O. The van der Waals surface area contributed by atoms with Gasteiger partial charge in [0.2, 0.25) is 0 Å². The van der Waals surface area contributed by atoms with Crippen molar-refractivity contribution >= 4 is 11.8 Å². The average molecular weight is 334 g/mol. The molecular weight excluding hydrogens is 320 g/mol. The van der Waals surface area contributed by atoms with Crippen molar-refractivity contribution in [1.82, 2.24) is 0 Å². The van der Waals surface area contributed by atoms with Gasteiger partial charge >= 0.3 is 5.97 Å². The highest BCUT2D eigenvalue weighted by molar-refractivity contribution is 5.94. The molecule has 2 aliphatic rings. The predicted octanol–water partition coefficient (Wildman–Crippen LogP) is 3.40. The lowest BCUT2D eigenvalue weighted by molar-refractivity contribution is -0.114. The van der Waals surface area contributed by atoms with Gasteiger partial charge in [-0.2, -0.15) is 0 Å². The van der Waals surface area contributed by atoms with Crippen LogP contribution in [0.4, 0.5) is 0 Å². The number of allylic oxidation sites excluding steroid dienone is 4. The maximum absolute atomic E-state index is 11.8. The van der Waals surface area contributed by atoms with E-state index in [2.05, 4.69) is 0 Å².